The van der Waals surface area contributed by atoms with Crippen LogP contribution < -0.4 is 0 Å². The van der Waals surface area contributed by atoms with Gasteiger partial charge in [-0.05, 0) is 6.07 Å². The van der Waals surface area contributed by atoms with E-state index in [0.29, 0.717) is 10.4 Å². The topological polar surface area (TPSA) is 51.0 Å². The lowest BCUT2D eigenvalue weighted by Crippen LogP contribution is -2.28. The summed E-state index contributed by atoms with van der Waals surface area (Å²) >= 11 is 1.48. The Morgan fingerprint density at radius 1 is 1.29 bits per heavy atom. The number of benzene rings is 1. The standard InChI is InChI=1S/C16H14F2N4OS/c1-21(15(23)13-7-8-19-22(13)16(17)18)9-12-10-24-14(20-12)11-5-3-2-4-6-11/h2-8,10,16H,9H2,1H3. The van der Waals surface area contributed by atoms with Crippen molar-refractivity contribution in [1.29, 1.82) is 0 Å². The lowest BCUT2D eigenvalue weighted by atomic mass is 10.2. The highest BCUT2D eigenvalue weighted by atomic mass is 32.1. The Balaban J connectivity index is 1.73. The van der Waals surface area contributed by atoms with Crippen LogP contribution in [0.3, 0.4) is 0 Å². The van der Waals surface area contributed by atoms with E-state index in [1.54, 1.807) is 7.05 Å². The smallest absolute Gasteiger partial charge is 0.333 e. The minimum atomic E-state index is -2.85. The Morgan fingerprint density at radius 2 is 2.04 bits per heavy atom. The third kappa shape index (κ3) is 3.33. The fourth-order valence-corrected chi connectivity index (χ4v) is 3.06. The molecule has 3 aromatic rings. The summed E-state index contributed by atoms with van der Waals surface area (Å²) in [6.07, 6.45) is 1.18. The normalized spacial score (nSPS) is 11.0. The predicted molar refractivity (Wildman–Crippen MR) is 86.8 cm³/mol. The summed E-state index contributed by atoms with van der Waals surface area (Å²) in [7, 11) is 1.55. The van der Waals surface area contributed by atoms with Crippen LogP contribution in [0.4, 0.5) is 8.78 Å². The number of hydrogen-bond donors (Lipinski definition) is 0. The molecule has 0 spiro atoms. The molecule has 1 amide bonds. The summed E-state index contributed by atoms with van der Waals surface area (Å²) in [5.74, 6) is -0.526. The SMILES string of the molecule is CN(Cc1csc(-c2ccccc2)n1)C(=O)c1ccnn1C(F)F. The molecule has 2 heterocycles. The number of carbonyl (C=O) groups excluding carboxylic acids is 1. The first-order valence-electron chi connectivity index (χ1n) is 7.13. The summed E-state index contributed by atoms with van der Waals surface area (Å²) in [6, 6.07) is 11.0. The second-order valence-electron chi connectivity index (χ2n) is 5.11. The second-order valence-corrected chi connectivity index (χ2v) is 5.97. The number of amides is 1. The van der Waals surface area contributed by atoms with Gasteiger partial charge in [0.2, 0.25) is 0 Å². The van der Waals surface area contributed by atoms with Gasteiger partial charge in [0.25, 0.3) is 5.91 Å². The van der Waals surface area contributed by atoms with E-state index in [2.05, 4.69) is 10.1 Å². The van der Waals surface area contributed by atoms with Crippen molar-refractivity contribution < 1.29 is 13.6 Å². The summed E-state index contributed by atoms with van der Waals surface area (Å²) < 4.78 is 26.1. The summed E-state index contributed by atoms with van der Waals surface area (Å²) in [6.45, 7) is -2.62. The zero-order valence-electron chi connectivity index (χ0n) is 12.8. The molecule has 0 radical (unpaired) electrons. The first-order valence-corrected chi connectivity index (χ1v) is 8.01. The number of hydrogen-bond acceptors (Lipinski definition) is 4. The highest BCUT2D eigenvalue weighted by Crippen LogP contribution is 2.24. The lowest BCUT2D eigenvalue weighted by Gasteiger charge is -2.16. The highest BCUT2D eigenvalue weighted by molar-refractivity contribution is 7.13. The van der Waals surface area contributed by atoms with Gasteiger partial charge in [-0.25, -0.2) is 4.98 Å². The fourth-order valence-electron chi connectivity index (χ4n) is 2.24. The van der Waals surface area contributed by atoms with Gasteiger partial charge in [0.15, 0.2) is 0 Å². The van der Waals surface area contributed by atoms with Gasteiger partial charge in [-0.2, -0.15) is 18.6 Å². The average molecular weight is 348 g/mol. The Morgan fingerprint density at radius 3 is 2.75 bits per heavy atom. The minimum absolute atomic E-state index is 0.147. The first kappa shape index (κ1) is 16.3. The largest absolute Gasteiger partial charge is 0.334 e. The maximum atomic E-state index is 12.8. The van der Waals surface area contributed by atoms with Crippen molar-refractivity contribution in [2.75, 3.05) is 7.05 Å². The summed E-state index contributed by atoms with van der Waals surface area (Å²) in [5, 5.41) is 6.18. The zero-order valence-corrected chi connectivity index (χ0v) is 13.6. The van der Waals surface area contributed by atoms with Gasteiger partial charge in [0.1, 0.15) is 10.7 Å². The third-order valence-corrected chi connectivity index (χ3v) is 4.33. The third-order valence-electron chi connectivity index (χ3n) is 3.39. The molecular formula is C16H14F2N4OS. The summed E-state index contributed by atoms with van der Waals surface area (Å²) in [5.41, 5.74) is 1.56. The molecule has 24 heavy (non-hydrogen) atoms. The molecule has 0 saturated carbocycles. The molecule has 0 atom stereocenters. The van der Waals surface area contributed by atoms with Crippen molar-refractivity contribution in [3.63, 3.8) is 0 Å². The molecule has 0 bridgehead atoms. The monoisotopic (exact) mass is 348 g/mol. The van der Waals surface area contributed by atoms with Gasteiger partial charge in [0, 0.05) is 24.2 Å². The lowest BCUT2D eigenvalue weighted by molar-refractivity contribution is 0.0472. The van der Waals surface area contributed by atoms with E-state index in [9.17, 15) is 13.6 Å². The van der Waals surface area contributed by atoms with Gasteiger partial charge in [0.05, 0.1) is 12.2 Å². The Bertz CT molecular complexity index is 831. The zero-order chi connectivity index (χ0) is 17.1. The molecule has 0 saturated heterocycles. The molecule has 5 nitrogen and oxygen atoms in total. The molecule has 0 N–H and O–H groups in total. The predicted octanol–water partition coefficient (Wildman–Crippen LogP) is 3.67. The number of halogens is 2. The van der Waals surface area contributed by atoms with Gasteiger partial charge in [-0.15, -0.1) is 11.3 Å². The maximum Gasteiger partial charge on any atom is 0.333 e. The van der Waals surface area contributed by atoms with Crippen LogP contribution in [0.5, 0.6) is 0 Å². The van der Waals surface area contributed by atoms with Crippen molar-refractivity contribution >= 4 is 17.2 Å². The van der Waals surface area contributed by atoms with E-state index in [0.717, 1.165) is 10.6 Å². The van der Waals surface area contributed by atoms with E-state index in [1.807, 2.05) is 35.7 Å². The number of rotatable bonds is 5. The van der Waals surface area contributed by atoms with Crippen molar-refractivity contribution in [3.05, 3.63) is 59.4 Å². The van der Waals surface area contributed by atoms with Gasteiger partial charge in [-0.3, -0.25) is 4.79 Å². The number of carbonyl (C=O) groups is 1. The van der Waals surface area contributed by atoms with Gasteiger partial charge < -0.3 is 4.90 Å². The van der Waals surface area contributed by atoms with Gasteiger partial charge >= 0.3 is 6.55 Å². The maximum absolute atomic E-state index is 12.8. The Labute approximate surface area is 141 Å². The van der Waals surface area contributed by atoms with Crippen LogP contribution >= 0.6 is 11.3 Å². The molecule has 8 heteroatoms. The summed E-state index contributed by atoms with van der Waals surface area (Å²) in [4.78, 5) is 18.2. The van der Waals surface area contributed by atoms with Crippen molar-refractivity contribution in [1.82, 2.24) is 19.7 Å². The number of nitrogens with zero attached hydrogens (tertiary/aromatic N) is 4. The quantitative estimate of drug-likeness (QED) is 0.707. The van der Waals surface area contributed by atoms with Crippen molar-refractivity contribution in [2.24, 2.45) is 0 Å². The van der Waals surface area contributed by atoms with Crippen LogP contribution in [0.1, 0.15) is 22.7 Å². The first-order chi connectivity index (χ1) is 11.6. The van der Waals surface area contributed by atoms with Crippen LogP contribution in [0.15, 0.2) is 48.0 Å². The van der Waals surface area contributed by atoms with Gasteiger partial charge in [-0.1, -0.05) is 30.3 Å². The van der Waals surface area contributed by atoms with Crippen molar-refractivity contribution in [3.8, 4) is 10.6 Å². The van der Waals surface area contributed by atoms with E-state index < -0.39 is 12.5 Å². The molecule has 3 rings (SSSR count). The van der Waals surface area contributed by atoms with Crippen molar-refractivity contribution in [2.45, 2.75) is 13.1 Å². The second kappa shape index (κ2) is 6.88. The molecule has 0 aliphatic rings. The number of aromatic nitrogens is 3. The molecule has 0 fully saturated rings. The molecule has 2 aromatic heterocycles. The highest BCUT2D eigenvalue weighted by Gasteiger charge is 2.21. The van der Waals surface area contributed by atoms with E-state index >= 15 is 0 Å². The van der Waals surface area contributed by atoms with E-state index in [-0.39, 0.29) is 12.2 Å². The molecular weight excluding hydrogens is 334 g/mol. The average Bonchev–Trinajstić information content (AvgIpc) is 3.24. The van der Waals surface area contributed by atoms with E-state index in [1.165, 1.54) is 28.5 Å². The molecule has 0 unspecified atom stereocenters. The molecule has 0 aliphatic carbocycles. The fraction of sp³-hybridized carbons (Fsp3) is 0.188. The Hall–Kier alpha value is -2.61. The van der Waals surface area contributed by atoms with E-state index in [4.69, 9.17) is 0 Å². The number of alkyl halides is 2. The van der Waals surface area contributed by atoms with Crippen LogP contribution in [0.25, 0.3) is 10.6 Å². The molecule has 0 aliphatic heterocycles. The molecule has 124 valence electrons. The van der Waals surface area contributed by atoms with Crippen LogP contribution in [0, 0.1) is 0 Å². The Kier molecular flexibility index (Phi) is 4.66. The molecule has 1 aromatic carbocycles. The van der Waals surface area contributed by atoms with Crippen LogP contribution in [0.2, 0.25) is 0 Å². The van der Waals surface area contributed by atoms with Crippen LogP contribution in [-0.4, -0.2) is 32.6 Å². The minimum Gasteiger partial charge on any atom is -0.334 e. The van der Waals surface area contributed by atoms with Crippen LogP contribution in [-0.2, 0) is 6.54 Å². The number of thiazole rings is 1.